The van der Waals surface area contributed by atoms with Gasteiger partial charge in [0.05, 0.1) is 0 Å². The smallest absolute Gasteiger partial charge is 0.133 e. The monoisotopic (exact) mass is 255 g/mol. The molecule has 0 radical (unpaired) electrons. The summed E-state index contributed by atoms with van der Waals surface area (Å²) in [7, 11) is 0. The van der Waals surface area contributed by atoms with E-state index < -0.39 is 0 Å². The summed E-state index contributed by atoms with van der Waals surface area (Å²) in [4.78, 5) is 6.86. The average molecular weight is 255 g/mol. The van der Waals surface area contributed by atoms with Crippen molar-refractivity contribution in [3.8, 4) is 0 Å². The summed E-state index contributed by atoms with van der Waals surface area (Å²) in [5, 5.41) is 0. The van der Waals surface area contributed by atoms with Gasteiger partial charge in [0, 0.05) is 24.5 Å². The van der Waals surface area contributed by atoms with Crippen LogP contribution in [0, 0.1) is 13.8 Å². The van der Waals surface area contributed by atoms with E-state index in [0.29, 0.717) is 6.54 Å². The first-order valence-electron chi connectivity index (χ1n) is 6.66. The molecule has 0 aliphatic rings. The Hall–Kier alpha value is -1.87. The van der Waals surface area contributed by atoms with Crippen LogP contribution in [0.25, 0.3) is 0 Å². The van der Waals surface area contributed by atoms with Crippen molar-refractivity contribution in [2.75, 3.05) is 11.4 Å². The molecule has 0 fully saturated rings. The Kier molecular flexibility index (Phi) is 4.17. The number of hydrogen-bond donors (Lipinski definition) is 1. The zero-order valence-electron chi connectivity index (χ0n) is 11.9. The van der Waals surface area contributed by atoms with Gasteiger partial charge in [-0.25, -0.2) is 4.98 Å². The fourth-order valence-electron chi connectivity index (χ4n) is 2.14. The molecule has 1 heterocycles. The maximum atomic E-state index is 5.68. The van der Waals surface area contributed by atoms with Gasteiger partial charge in [0.25, 0.3) is 0 Å². The number of aryl methyl sites for hydroxylation is 2. The third-order valence-corrected chi connectivity index (χ3v) is 3.34. The summed E-state index contributed by atoms with van der Waals surface area (Å²) in [5.41, 5.74) is 10.2. The van der Waals surface area contributed by atoms with Gasteiger partial charge < -0.3 is 10.6 Å². The highest BCUT2D eigenvalue weighted by Gasteiger charge is 2.09. The van der Waals surface area contributed by atoms with Crippen molar-refractivity contribution in [2.45, 2.75) is 27.3 Å². The Bertz CT molecular complexity index is 546. The van der Waals surface area contributed by atoms with Crippen LogP contribution in [0.1, 0.15) is 23.7 Å². The van der Waals surface area contributed by atoms with Gasteiger partial charge in [-0.15, -0.1) is 0 Å². The maximum Gasteiger partial charge on any atom is 0.133 e. The summed E-state index contributed by atoms with van der Waals surface area (Å²) >= 11 is 0. The molecule has 3 heteroatoms. The number of anilines is 2. The number of nitrogens with two attached hydrogens (primary N) is 1. The molecule has 0 saturated carbocycles. The van der Waals surface area contributed by atoms with Crippen LogP contribution in [0.2, 0.25) is 0 Å². The number of pyridine rings is 1. The van der Waals surface area contributed by atoms with E-state index in [1.807, 2.05) is 13.0 Å². The summed E-state index contributed by atoms with van der Waals surface area (Å²) in [6.45, 7) is 7.66. The second-order valence-electron chi connectivity index (χ2n) is 4.70. The molecule has 100 valence electrons. The molecule has 0 amide bonds. The summed E-state index contributed by atoms with van der Waals surface area (Å²) in [6, 6.07) is 12.6. The van der Waals surface area contributed by atoms with Crippen LogP contribution in [0.4, 0.5) is 11.5 Å². The molecule has 0 aliphatic heterocycles. The second kappa shape index (κ2) is 5.85. The molecule has 3 nitrogen and oxygen atoms in total. The molecule has 1 aromatic carbocycles. The molecular formula is C16H21N3. The molecule has 2 aromatic rings. The van der Waals surface area contributed by atoms with Gasteiger partial charge in [-0.1, -0.05) is 23.8 Å². The summed E-state index contributed by atoms with van der Waals surface area (Å²) in [6.07, 6.45) is 0. The average Bonchev–Trinajstić information content (AvgIpc) is 2.42. The molecule has 1 aromatic heterocycles. The highest BCUT2D eigenvalue weighted by Crippen LogP contribution is 2.24. The Morgan fingerprint density at radius 1 is 1.05 bits per heavy atom. The molecule has 0 aliphatic carbocycles. The predicted octanol–water partition coefficient (Wildman–Crippen LogP) is 3.32. The molecule has 0 spiro atoms. The van der Waals surface area contributed by atoms with Gasteiger partial charge >= 0.3 is 0 Å². The summed E-state index contributed by atoms with van der Waals surface area (Å²) in [5.74, 6) is 0.973. The van der Waals surface area contributed by atoms with E-state index in [9.17, 15) is 0 Å². The Labute approximate surface area is 115 Å². The normalized spacial score (nSPS) is 10.5. The maximum absolute atomic E-state index is 5.68. The van der Waals surface area contributed by atoms with Crippen LogP contribution in [-0.2, 0) is 6.54 Å². The molecule has 0 saturated heterocycles. The minimum Gasteiger partial charge on any atom is -0.327 e. The Morgan fingerprint density at radius 2 is 1.74 bits per heavy atom. The first-order chi connectivity index (χ1) is 9.15. The standard InChI is InChI=1S/C16H21N3/c1-4-19(15-8-5-12(2)6-9-15)16-10-7-14(11-17)13(3)18-16/h5-10H,4,11,17H2,1-3H3. The SMILES string of the molecule is CCN(c1ccc(C)cc1)c1ccc(CN)c(C)n1. The van der Waals surface area contributed by atoms with E-state index in [2.05, 4.69) is 54.1 Å². The fourth-order valence-corrected chi connectivity index (χ4v) is 2.14. The van der Waals surface area contributed by atoms with Crippen molar-refractivity contribution in [3.05, 3.63) is 53.2 Å². The zero-order valence-corrected chi connectivity index (χ0v) is 11.9. The van der Waals surface area contributed by atoms with E-state index in [1.165, 1.54) is 11.3 Å². The number of benzene rings is 1. The third-order valence-electron chi connectivity index (χ3n) is 3.34. The third kappa shape index (κ3) is 2.93. The second-order valence-corrected chi connectivity index (χ2v) is 4.70. The van der Waals surface area contributed by atoms with E-state index in [4.69, 9.17) is 5.73 Å². The Morgan fingerprint density at radius 3 is 2.26 bits per heavy atom. The van der Waals surface area contributed by atoms with Crippen LogP contribution < -0.4 is 10.6 Å². The Balaban J connectivity index is 2.36. The lowest BCUT2D eigenvalue weighted by Gasteiger charge is -2.23. The van der Waals surface area contributed by atoms with Gasteiger partial charge in [0.1, 0.15) is 5.82 Å². The number of hydrogen-bond acceptors (Lipinski definition) is 3. The van der Waals surface area contributed by atoms with Crippen molar-refractivity contribution < 1.29 is 0 Å². The molecule has 2 N–H and O–H groups in total. The topological polar surface area (TPSA) is 42.1 Å². The van der Waals surface area contributed by atoms with E-state index >= 15 is 0 Å². The van der Waals surface area contributed by atoms with Crippen molar-refractivity contribution in [1.29, 1.82) is 0 Å². The van der Waals surface area contributed by atoms with Crippen LogP contribution in [0.3, 0.4) is 0 Å². The molecular weight excluding hydrogens is 234 g/mol. The van der Waals surface area contributed by atoms with Crippen LogP contribution >= 0.6 is 0 Å². The van der Waals surface area contributed by atoms with Crippen molar-refractivity contribution >= 4 is 11.5 Å². The first-order valence-corrected chi connectivity index (χ1v) is 6.66. The molecule has 0 bridgehead atoms. The quantitative estimate of drug-likeness (QED) is 0.911. The number of rotatable bonds is 4. The van der Waals surface area contributed by atoms with E-state index in [1.54, 1.807) is 0 Å². The lowest BCUT2D eigenvalue weighted by Crippen LogP contribution is -2.18. The largest absolute Gasteiger partial charge is 0.327 e. The molecule has 0 atom stereocenters. The van der Waals surface area contributed by atoms with Gasteiger partial charge in [-0.05, 0) is 44.5 Å². The molecule has 2 rings (SSSR count). The van der Waals surface area contributed by atoms with Crippen molar-refractivity contribution in [2.24, 2.45) is 5.73 Å². The number of nitrogens with zero attached hydrogens (tertiary/aromatic N) is 2. The lowest BCUT2D eigenvalue weighted by atomic mass is 10.2. The minimum absolute atomic E-state index is 0.537. The van der Waals surface area contributed by atoms with Gasteiger partial charge in [-0.3, -0.25) is 0 Å². The van der Waals surface area contributed by atoms with Gasteiger partial charge in [-0.2, -0.15) is 0 Å². The molecule has 0 unspecified atom stereocenters. The lowest BCUT2D eigenvalue weighted by molar-refractivity contribution is 0.952. The fraction of sp³-hybridized carbons (Fsp3) is 0.312. The summed E-state index contributed by atoms with van der Waals surface area (Å²) < 4.78 is 0. The first kappa shape index (κ1) is 13.6. The van der Waals surface area contributed by atoms with Crippen molar-refractivity contribution in [3.63, 3.8) is 0 Å². The minimum atomic E-state index is 0.537. The van der Waals surface area contributed by atoms with Crippen LogP contribution in [0.5, 0.6) is 0 Å². The van der Waals surface area contributed by atoms with Gasteiger partial charge in [0.2, 0.25) is 0 Å². The highest BCUT2D eigenvalue weighted by molar-refractivity contribution is 5.60. The zero-order chi connectivity index (χ0) is 13.8. The van der Waals surface area contributed by atoms with Crippen LogP contribution in [-0.4, -0.2) is 11.5 Å². The number of aromatic nitrogens is 1. The van der Waals surface area contributed by atoms with Crippen LogP contribution in [0.15, 0.2) is 36.4 Å². The van der Waals surface area contributed by atoms with Gasteiger partial charge in [0.15, 0.2) is 0 Å². The van der Waals surface area contributed by atoms with E-state index in [0.717, 1.165) is 23.6 Å². The van der Waals surface area contributed by atoms with Crippen molar-refractivity contribution in [1.82, 2.24) is 4.98 Å². The predicted molar refractivity (Wildman–Crippen MR) is 80.7 cm³/mol. The highest BCUT2D eigenvalue weighted by atomic mass is 15.2. The molecule has 19 heavy (non-hydrogen) atoms. The van der Waals surface area contributed by atoms with E-state index in [-0.39, 0.29) is 0 Å².